The molecule has 1 aromatic carbocycles. The summed E-state index contributed by atoms with van der Waals surface area (Å²) >= 11 is 1.64. The Morgan fingerprint density at radius 3 is 2.82 bits per heavy atom. The van der Waals surface area contributed by atoms with Gasteiger partial charge in [0.25, 0.3) is 5.56 Å². The van der Waals surface area contributed by atoms with Gasteiger partial charge in [-0.2, -0.15) is 0 Å². The van der Waals surface area contributed by atoms with Gasteiger partial charge in [0.05, 0.1) is 5.69 Å². The SMILES string of the molecule is Cc1cc(=O)[nH]c(NCCc2csc(-c3ccccc3)n2)n1. The molecule has 2 N–H and O–H groups in total. The van der Waals surface area contributed by atoms with Crippen molar-refractivity contribution in [2.24, 2.45) is 0 Å². The predicted octanol–water partition coefficient (Wildman–Crippen LogP) is 2.86. The van der Waals surface area contributed by atoms with E-state index >= 15 is 0 Å². The van der Waals surface area contributed by atoms with Crippen LogP contribution in [0.4, 0.5) is 5.95 Å². The zero-order valence-corrected chi connectivity index (χ0v) is 13.0. The van der Waals surface area contributed by atoms with Gasteiger partial charge in [0, 0.05) is 35.7 Å². The fraction of sp³-hybridized carbons (Fsp3) is 0.188. The summed E-state index contributed by atoms with van der Waals surface area (Å²) in [6.07, 6.45) is 0.779. The first kappa shape index (κ1) is 14.5. The van der Waals surface area contributed by atoms with Crippen LogP contribution in [0.3, 0.4) is 0 Å². The van der Waals surface area contributed by atoms with Crippen molar-refractivity contribution >= 4 is 17.3 Å². The van der Waals surface area contributed by atoms with Crippen LogP contribution in [0.1, 0.15) is 11.4 Å². The van der Waals surface area contributed by atoms with Gasteiger partial charge in [-0.05, 0) is 6.92 Å². The molecule has 0 amide bonds. The van der Waals surface area contributed by atoms with Gasteiger partial charge in [0.1, 0.15) is 5.01 Å². The molecule has 0 spiro atoms. The third-order valence-electron chi connectivity index (χ3n) is 3.12. The van der Waals surface area contributed by atoms with Gasteiger partial charge in [0.2, 0.25) is 5.95 Å². The first-order valence-electron chi connectivity index (χ1n) is 7.02. The molecular formula is C16H16N4OS. The Kier molecular flexibility index (Phi) is 4.29. The van der Waals surface area contributed by atoms with Crippen LogP contribution in [0.15, 0.2) is 46.6 Å². The lowest BCUT2D eigenvalue weighted by molar-refractivity contribution is 0.942. The Labute approximate surface area is 132 Å². The Morgan fingerprint density at radius 2 is 2.05 bits per heavy atom. The molecule has 6 heteroatoms. The zero-order chi connectivity index (χ0) is 15.4. The summed E-state index contributed by atoms with van der Waals surface area (Å²) in [5, 5.41) is 6.21. The first-order valence-corrected chi connectivity index (χ1v) is 7.90. The van der Waals surface area contributed by atoms with Gasteiger partial charge in [-0.15, -0.1) is 11.3 Å². The average Bonchev–Trinajstić information content (AvgIpc) is 2.96. The quantitative estimate of drug-likeness (QED) is 0.760. The maximum atomic E-state index is 11.4. The van der Waals surface area contributed by atoms with Crippen LogP contribution < -0.4 is 10.9 Å². The summed E-state index contributed by atoms with van der Waals surface area (Å²) in [4.78, 5) is 22.9. The van der Waals surface area contributed by atoms with Crippen LogP contribution in [0.25, 0.3) is 10.6 Å². The van der Waals surface area contributed by atoms with Crippen LogP contribution in [0.2, 0.25) is 0 Å². The number of rotatable bonds is 5. The van der Waals surface area contributed by atoms with Crippen molar-refractivity contribution in [1.29, 1.82) is 0 Å². The number of anilines is 1. The normalized spacial score (nSPS) is 10.6. The lowest BCUT2D eigenvalue weighted by Gasteiger charge is -2.04. The smallest absolute Gasteiger partial charge is 0.252 e. The summed E-state index contributed by atoms with van der Waals surface area (Å²) in [7, 11) is 0. The van der Waals surface area contributed by atoms with Crippen LogP contribution in [0, 0.1) is 6.92 Å². The van der Waals surface area contributed by atoms with Crippen molar-refractivity contribution in [3.63, 3.8) is 0 Å². The van der Waals surface area contributed by atoms with Crippen molar-refractivity contribution in [2.45, 2.75) is 13.3 Å². The molecule has 0 fully saturated rings. The number of hydrogen-bond acceptors (Lipinski definition) is 5. The van der Waals surface area contributed by atoms with E-state index in [0.29, 0.717) is 18.2 Å². The summed E-state index contributed by atoms with van der Waals surface area (Å²) < 4.78 is 0. The minimum absolute atomic E-state index is 0.143. The van der Waals surface area contributed by atoms with E-state index in [2.05, 4.69) is 37.8 Å². The van der Waals surface area contributed by atoms with Crippen LogP contribution in [-0.2, 0) is 6.42 Å². The second-order valence-corrected chi connectivity index (χ2v) is 5.78. The molecule has 22 heavy (non-hydrogen) atoms. The Morgan fingerprint density at radius 1 is 1.23 bits per heavy atom. The summed E-state index contributed by atoms with van der Waals surface area (Å²) in [5.41, 5.74) is 2.73. The molecule has 0 unspecified atom stereocenters. The van der Waals surface area contributed by atoms with E-state index in [4.69, 9.17) is 0 Å². The summed E-state index contributed by atoms with van der Waals surface area (Å²) in [6.45, 7) is 2.47. The number of nitrogens with one attached hydrogen (secondary N) is 2. The standard InChI is InChI=1S/C16H16N4OS/c1-11-9-14(21)20-16(18-11)17-8-7-13-10-22-15(19-13)12-5-3-2-4-6-12/h2-6,9-10H,7-8H2,1H3,(H2,17,18,20,21). The van der Waals surface area contributed by atoms with E-state index in [0.717, 1.165) is 22.7 Å². The molecule has 0 aliphatic rings. The van der Waals surface area contributed by atoms with Gasteiger partial charge in [-0.1, -0.05) is 30.3 Å². The fourth-order valence-corrected chi connectivity index (χ4v) is 2.97. The van der Waals surface area contributed by atoms with Gasteiger partial charge >= 0.3 is 0 Å². The highest BCUT2D eigenvalue weighted by molar-refractivity contribution is 7.13. The second-order valence-electron chi connectivity index (χ2n) is 4.92. The third kappa shape index (κ3) is 3.59. The molecule has 0 aliphatic heterocycles. The van der Waals surface area contributed by atoms with Crippen molar-refractivity contribution in [3.8, 4) is 10.6 Å². The highest BCUT2D eigenvalue weighted by atomic mass is 32.1. The van der Waals surface area contributed by atoms with Crippen molar-refractivity contribution < 1.29 is 0 Å². The maximum Gasteiger partial charge on any atom is 0.252 e. The van der Waals surface area contributed by atoms with E-state index < -0.39 is 0 Å². The molecule has 0 aliphatic carbocycles. The number of nitrogens with zero attached hydrogens (tertiary/aromatic N) is 2. The van der Waals surface area contributed by atoms with E-state index in [1.165, 1.54) is 6.07 Å². The van der Waals surface area contributed by atoms with Gasteiger partial charge < -0.3 is 5.32 Å². The largest absolute Gasteiger partial charge is 0.355 e. The van der Waals surface area contributed by atoms with Gasteiger partial charge in [-0.3, -0.25) is 9.78 Å². The number of H-pyrrole nitrogens is 1. The van der Waals surface area contributed by atoms with E-state index in [1.54, 1.807) is 18.3 Å². The van der Waals surface area contributed by atoms with Crippen LogP contribution in [0.5, 0.6) is 0 Å². The van der Waals surface area contributed by atoms with Gasteiger partial charge in [-0.25, -0.2) is 9.97 Å². The molecule has 0 atom stereocenters. The van der Waals surface area contributed by atoms with Crippen molar-refractivity contribution in [2.75, 3.05) is 11.9 Å². The maximum absolute atomic E-state index is 11.4. The van der Waals surface area contributed by atoms with E-state index in [-0.39, 0.29) is 5.56 Å². The van der Waals surface area contributed by atoms with Crippen LogP contribution in [-0.4, -0.2) is 21.5 Å². The highest BCUT2D eigenvalue weighted by Gasteiger charge is 2.04. The zero-order valence-electron chi connectivity index (χ0n) is 12.2. The number of benzene rings is 1. The molecule has 2 heterocycles. The third-order valence-corrected chi connectivity index (χ3v) is 4.06. The minimum atomic E-state index is -0.143. The molecule has 0 saturated carbocycles. The van der Waals surface area contributed by atoms with E-state index in [1.807, 2.05) is 18.2 Å². The molecule has 2 aromatic heterocycles. The molecule has 5 nitrogen and oxygen atoms in total. The second kappa shape index (κ2) is 6.53. The molecule has 0 saturated heterocycles. The summed E-state index contributed by atoms with van der Waals surface area (Å²) in [5.74, 6) is 0.503. The Balaban J connectivity index is 1.60. The number of aromatic amines is 1. The predicted molar refractivity (Wildman–Crippen MR) is 89.3 cm³/mol. The van der Waals surface area contributed by atoms with Crippen molar-refractivity contribution in [3.05, 3.63) is 63.5 Å². The number of thiazole rings is 1. The molecule has 112 valence electrons. The molecule has 3 rings (SSSR count). The summed E-state index contributed by atoms with van der Waals surface area (Å²) in [6, 6.07) is 11.6. The topological polar surface area (TPSA) is 70.7 Å². The lowest BCUT2D eigenvalue weighted by atomic mass is 10.2. The average molecular weight is 312 g/mol. The number of hydrogen-bond donors (Lipinski definition) is 2. The van der Waals surface area contributed by atoms with Crippen LogP contribution >= 0.6 is 11.3 Å². The molecule has 0 radical (unpaired) electrons. The van der Waals surface area contributed by atoms with Gasteiger partial charge in [0.15, 0.2) is 0 Å². The lowest BCUT2D eigenvalue weighted by Crippen LogP contribution is -2.14. The number of aryl methyl sites for hydroxylation is 1. The fourth-order valence-electron chi connectivity index (χ4n) is 2.11. The highest BCUT2D eigenvalue weighted by Crippen LogP contribution is 2.23. The number of aromatic nitrogens is 3. The Hall–Kier alpha value is -2.47. The molecule has 0 bridgehead atoms. The minimum Gasteiger partial charge on any atom is -0.355 e. The van der Waals surface area contributed by atoms with Crippen molar-refractivity contribution in [1.82, 2.24) is 15.0 Å². The monoisotopic (exact) mass is 312 g/mol. The molecular weight excluding hydrogens is 296 g/mol. The van der Waals surface area contributed by atoms with E-state index in [9.17, 15) is 4.79 Å². The molecule has 3 aromatic rings. The first-order chi connectivity index (χ1) is 10.7. The Bertz CT molecular complexity index is 810.